The first kappa shape index (κ1) is 6.08. The van der Waals surface area contributed by atoms with Crippen molar-refractivity contribution in [3.8, 4) is 0 Å². The smallest absolute Gasteiger partial charge is 0.427 e. The van der Waals surface area contributed by atoms with E-state index in [1.54, 1.807) is 0 Å². The summed E-state index contributed by atoms with van der Waals surface area (Å²) < 4.78 is 8.59. The maximum Gasteiger partial charge on any atom is 0.427 e. The number of hydrogen-bond donors (Lipinski definition) is 0. The van der Waals surface area contributed by atoms with Crippen LogP contribution in [0.15, 0.2) is 25.7 Å². The summed E-state index contributed by atoms with van der Waals surface area (Å²) in [6, 6.07) is 0. The molecule has 2 radical (unpaired) electrons. The van der Waals surface area contributed by atoms with Crippen LogP contribution < -0.4 is 0 Å². The van der Waals surface area contributed by atoms with Crippen LogP contribution in [0.5, 0.6) is 0 Å². The number of rotatable bonds is 4. The van der Waals surface area contributed by atoms with E-state index in [0.29, 0.717) is 0 Å². The van der Waals surface area contributed by atoms with Crippen molar-refractivity contribution in [2.45, 2.75) is 0 Å². The van der Waals surface area contributed by atoms with Gasteiger partial charge in [0.15, 0.2) is 0 Å². The van der Waals surface area contributed by atoms with Gasteiger partial charge < -0.3 is 9.47 Å². The predicted molar refractivity (Wildman–Crippen MR) is 25.8 cm³/mol. The average Bonchev–Trinajstić information content (AvgIpc) is 1.69. The second-order valence-electron chi connectivity index (χ2n) is 0.652. The molecule has 0 aliphatic carbocycles. The Morgan fingerprint density at radius 1 is 1.14 bits per heavy atom. The summed E-state index contributed by atoms with van der Waals surface area (Å²) in [7, 11) is 0. The Labute approximate surface area is 43.0 Å². The molecular weight excluding hydrogens is 92.1 g/mol. The lowest BCUT2D eigenvalue weighted by molar-refractivity contribution is 0.133. The zero-order valence-electron chi connectivity index (χ0n) is 3.89. The van der Waals surface area contributed by atoms with Gasteiger partial charge in [0.25, 0.3) is 0 Å². The molecule has 0 heterocycles. The van der Waals surface area contributed by atoms with Crippen molar-refractivity contribution in [3.63, 3.8) is 0 Å². The Morgan fingerprint density at radius 2 is 1.57 bits per heavy atom. The summed E-state index contributed by atoms with van der Waals surface area (Å²) in [6.07, 6.45) is 2.40. The fourth-order valence-electron chi connectivity index (χ4n) is 0.0958. The highest BCUT2D eigenvalue weighted by molar-refractivity contribution is 4.54. The molecule has 0 rings (SSSR count). The van der Waals surface area contributed by atoms with Gasteiger partial charge >= 0.3 is 6.79 Å². The molecule has 0 aromatic heterocycles. The van der Waals surface area contributed by atoms with Crippen LogP contribution in [0.1, 0.15) is 0 Å². The lowest BCUT2D eigenvalue weighted by atomic mass is 11.1. The quantitative estimate of drug-likeness (QED) is 0.389. The van der Waals surface area contributed by atoms with Crippen LogP contribution in [0.3, 0.4) is 0 Å². The van der Waals surface area contributed by atoms with Gasteiger partial charge in [0.1, 0.15) is 0 Å². The highest BCUT2D eigenvalue weighted by atomic mass is 16.7. The molecule has 0 aliphatic rings. The Hall–Kier alpha value is -0.920. The Morgan fingerprint density at radius 3 is 1.86 bits per heavy atom. The van der Waals surface area contributed by atoms with Gasteiger partial charge in [-0.3, -0.25) is 0 Å². The van der Waals surface area contributed by atoms with Gasteiger partial charge in [-0.1, -0.05) is 13.2 Å². The first-order chi connectivity index (χ1) is 3.41. The maximum absolute atomic E-state index is 4.29. The average molecular weight is 98.1 g/mol. The molecule has 0 saturated heterocycles. The molecule has 0 N–H and O–H groups in total. The first-order valence-electron chi connectivity index (χ1n) is 1.70. The summed E-state index contributed by atoms with van der Waals surface area (Å²) >= 11 is 0. The normalized spacial score (nSPS) is 6.86. The standard InChI is InChI=1S/C5H6O2/c1-3-6-5-7-4-2/h3-4H,1-2H2. The van der Waals surface area contributed by atoms with Crippen molar-refractivity contribution >= 4 is 0 Å². The summed E-state index contributed by atoms with van der Waals surface area (Å²) in [4.78, 5) is 0. The van der Waals surface area contributed by atoms with E-state index in [9.17, 15) is 0 Å². The molecule has 38 valence electrons. The fourth-order valence-corrected chi connectivity index (χ4v) is 0.0958. The molecule has 2 heteroatoms. The van der Waals surface area contributed by atoms with E-state index >= 15 is 0 Å². The van der Waals surface area contributed by atoms with Gasteiger partial charge in [-0.15, -0.1) is 0 Å². The molecule has 0 aromatic carbocycles. The van der Waals surface area contributed by atoms with Gasteiger partial charge in [0.2, 0.25) is 0 Å². The highest BCUT2D eigenvalue weighted by Gasteiger charge is 1.76. The molecule has 0 spiro atoms. The van der Waals surface area contributed by atoms with Crippen LogP contribution in [0.2, 0.25) is 0 Å². The molecule has 0 unspecified atom stereocenters. The van der Waals surface area contributed by atoms with Crippen LogP contribution in [-0.4, -0.2) is 0 Å². The van der Waals surface area contributed by atoms with Crippen molar-refractivity contribution in [2.24, 2.45) is 0 Å². The first-order valence-corrected chi connectivity index (χ1v) is 1.70. The van der Waals surface area contributed by atoms with E-state index in [1.165, 1.54) is 12.5 Å². The Kier molecular flexibility index (Phi) is 4.41. The van der Waals surface area contributed by atoms with E-state index in [1.807, 2.05) is 6.79 Å². The van der Waals surface area contributed by atoms with Crippen LogP contribution in [-0.2, 0) is 9.47 Å². The zero-order chi connectivity index (χ0) is 5.54. The second kappa shape index (κ2) is 5.08. The molecule has 7 heavy (non-hydrogen) atoms. The van der Waals surface area contributed by atoms with Gasteiger partial charge in [-0.05, 0) is 0 Å². The lowest BCUT2D eigenvalue weighted by Crippen LogP contribution is -1.76. The van der Waals surface area contributed by atoms with Crippen molar-refractivity contribution in [1.29, 1.82) is 0 Å². The molecule has 0 bridgehead atoms. The second-order valence-corrected chi connectivity index (χ2v) is 0.652. The minimum atomic E-state index is 1.20. The SMILES string of the molecule is C=CO[C]OC=C. The third kappa shape index (κ3) is 5.08. The van der Waals surface area contributed by atoms with Crippen LogP contribution in [0.25, 0.3) is 0 Å². The van der Waals surface area contributed by atoms with E-state index in [0.717, 1.165) is 0 Å². The zero-order valence-corrected chi connectivity index (χ0v) is 3.89. The van der Waals surface area contributed by atoms with Crippen LogP contribution >= 0.6 is 0 Å². The van der Waals surface area contributed by atoms with Crippen LogP contribution in [0.4, 0.5) is 0 Å². The molecular formula is C5H6O2. The van der Waals surface area contributed by atoms with Crippen LogP contribution in [0, 0.1) is 6.79 Å². The number of ether oxygens (including phenoxy) is 2. The summed E-state index contributed by atoms with van der Waals surface area (Å²) in [5.41, 5.74) is 0. The van der Waals surface area contributed by atoms with Gasteiger partial charge in [0.05, 0.1) is 12.5 Å². The van der Waals surface area contributed by atoms with Crippen molar-refractivity contribution in [3.05, 3.63) is 32.5 Å². The van der Waals surface area contributed by atoms with E-state index in [4.69, 9.17) is 0 Å². The highest BCUT2D eigenvalue weighted by Crippen LogP contribution is 1.82. The van der Waals surface area contributed by atoms with Gasteiger partial charge in [-0.2, -0.15) is 0 Å². The Balaban J connectivity index is 2.68. The summed E-state index contributed by atoms with van der Waals surface area (Å²) in [6.45, 7) is 8.52. The predicted octanol–water partition coefficient (Wildman–Crippen LogP) is 1.30. The Bertz CT molecular complexity index is 51.1. The molecule has 0 amide bonds. The topological polar surface area (TPSA) is 18.5 Å². The van der Waals surface area contributed by atoms with Crippen molar-refractivity contribution in [1.82, 2.24) is 0 Å². The molecule has 0 aromatic rings. The molecule has 0 aliphatic heterocycles. The third-order valence-corrected chi connectivity index (χ3v) is 0.263. The minimum absolute atomic E-state index is 1.20. The van der Waals surface area contributed by atoms with Crippen molar-refractivity contribution < 1.29 is 9.47 Å². The van der Waals surface area contributed by atoms with E-state index in [2.05, 4.69) is 22.6 Å². The molecule has 2 nitrogen and oxygen atoms in total. The van der Waals surface area contributed by atoms with Gasteiger partial charge in [-0.25, -0.2) is 0 Å². The van der Waals surface area contributed by atoms with Crippen molar-refractivity contribution in [2.75, 3.05) is 0 Å². The summed E-state index contributed by atoms with van der Waals surface area (Å²) in [5, 5.41) is 0. The van der Waals surface area contributed by atoms with E-state index in [-0.39, 0.29) is 0 Å². The fraction of sp³-hybridized carbons (Fsp3) is 0. The summed E-state index contributed by atoms with van der Waals surface area (Å²) in [5.74, 6) is 0. The van der Waals surface area contributed by atoms with E-state index < -0.39 is 0 Å². The monoisotopic (exact) mass is 98.0 g/mol. The maximum atomic E-state index is 4.29. The lowest BCUT2D eigenvalue weighted by Gasteiger charge is -1.89. The molecule has 0 saturated carbocycles. The third-order valence-electron chi connectivity index (χ3n) is 0.263. The molecule has 0 atom stereocenters. The van der Waals surface area contributed by atoms with Gasteiger partial charge in [0, 0.05) is 0 Å². The number of hydrogen-bond acceptors (Lipinski definition) is 2. The minimum Gasteiger partial charge on any atom is -0.448 e. The molecule has 0 fully saturated rings. The largest absolute Gasteiger partial charge is 0.448 e.